The van der Waals surface area contributed by atoms with E-state index >= 15 is 0 Å². The van der Waals surface area contributed by atoms with Gasteiger partial charge in [0.15, 0.2) is 0 Å². The molecule has 0 spiro atoms. The van der Waals surface area contributed by atoms with Gasteiger partial charge in [-0.1, -0.05) is 6.92 Å². The highest BCUT2D eigenvalue weighted by atomic mass is 79.9. The van der Waals surface area contributed by atoms with Gasteiger partial charge >= 0.3 is 0 Å². The molecule has 3 rings (SSSR count). The monoisotopic (exact) mass is 353 g/mol. The van der Waals surface area contributed by atoms with Gasteiger partial charge in [-0.2, -0.15) is 0 Å². The number of hydrogen-bond donors (Lipinski definition) is 0. The number of piperazine rings is 1. The molecule has 21 heavy (non-hydrogen) atoms. The lowest BCUT2D eigenvalue weighted by molar-refractivity contribution is -0.130. The number of nitrogens with zero attached hydrogens (tertiary/aromatic N) is 3. The molecule has 0 aliphatic carbocycles. The fourth-order valence-corrected chi connectivity index (χ4v) is 3.75. The largest absolute Gasteiger partial charge is 0.342 e. The average molecular weight is 354 g/mol. The highest BCUT2D eigenvalue weighted by molar-refractivity contribution is 9.10. The summed E-state index contributed by atoms with van der Waals surface area (Å²) >= 11 is 3.45. The molecular formula is C15H20BrN3O2. The molecule has 5 nitrogen and oxygen atoms in total. The van der Waals surface area contributed by atoms with Crippen LogP contribution in [-0.4, -0.2) is 51.9 Å². The maximum Gasteiger partial charge on any atom is 0.270 e. The lowest BCUT2D eigenvalue weighted by atomic mass is 10.1. The van der Waals surface area contributed by atoms with Gasteiger partial charge in [0.1, 0.15) is 5.69 Å². The van der Waals surface area contributed by atoms with Crippen LogP contribution in [0, 0.1) is 0 Å². The predicted molar refractivity (Wildman–Crippen MR) is 83.1 cm³/mol. The van der Waals surface area contributed by atoms with Crippen molar-refractivity contribution in [2.24, 2.45) is 0 Å². The van der Waals surface area contributed by atoms with Gasteiger partial charge in [-0.05, 0) is 34.8 Å². The van der Waals surface area contributed by atoms with Crippen molar-refractivity contribution in [3.8, 4) is 0 Å². The fraction of sp³-hybridized carbons (Fsp3) is 0.600. The Morgan fingerprint density at radius 2 is 2.24 bits per heavy atom. The summed E-state index contributed by atoms with van der Waals surface area (Å²) in [6.45, 7) is 4.92. The van der Waals surface area contributed by atoms with Crippen LogP contribution in [0.3, 0.4) is 0 Å². The highest BCUT2D eigenvalue weighted by Crippen LogP contribution is 2.25. The van der Waals surface area contributed by atoms with Crippen molar-refractivity contribution in [3.05, 3.63) is 22.4 Å². The van der Waals surface area contributed by atoms with E-state index in [2.05, 4.69) is 22.9 Å². The molecule has 1 atom stereocenters. The second kappa shape index (κ2) is 5.83. The van der Waals surface area contributed by atoms with Gasteiger partial charge in [-0.15, -0.1) is 0 Å². The van der Waals surface area contributed by atoms with E-state index in [-0.39, 0.29) is 17.9 Å². The van der Waals surface area contributed by atoms with Gasteiger partial charge in [0.25, 0.3) is 5.91 Å². The van der Waals surface area contributed by atoms with E-state index in [1.807, 2.05) is 26.6 Å². The highest BCUT2D eigenvalue weighted by Gasteiger charge is 2.37. The minimum Gasteiger partial charge on any atom is -0.342 e. The molecule has 0 bridgehead atoms. The Hall–Kier alpha value is -1.30. The molecule has 0 aromatic carbocycles. The molecule has 2 saturated heterocycles. The number of amides is 2. The molecule has 1 aromatic rings. The van der Waals surface area contributed by atoms with Gasteiger partial charge in [-0.3, -0.25) is 9.59 Å². The van der Waals surface area contributed by atoms with Crippen molar-refractivity contribution in [2.45, 2.75) is 38.8 Å². The van der Waals surface area contributed by atoms with Crippen LogP contribution < -0.4 is 0 Å². The summed E-state index contributed by atoms with van der Waals surface area (Å²) in [4.78, 5) is 28.3. The third kappa shape index (κ3) is 2.73. The molecular weight excluding hydrogens is 334 g/mol. The summed E-state index contributed by atoms with van der Waals surface area (Å²) in [5, 5.41) is 0. The Labute approximate surface area is 133 Å². The number of aryl methyl sites for hydroxylation is 1. The topological polar surface area (TPSA) is 45.6 Å². The van der Waals surface area contributed by atoms with E-state index in [4.69, 9.17) is 0 Å². The van der Waals surface area contributed by atoms with E-state index in [0.29, 0.717) is 26.1 Å². The molecule has 1 unspecified atom stereocenters. The van der Waals surface area contributed by atoms with Gasteiger partial charge in [0, 0.05) is 49.3 Å². The average Bonchev–Trinajstić information content (AvgIpc) is 3.02. The second-order valence-corrected chi connectivity index (χ2v) is 6.68. The predicted octanol–water partition coefficient (Wildman–Crippen LogP) is 2.11. The van der Waals surface area contributed by atoms with Crippen LogP contribution in [0.15, 0.2) is 16.7 Å². The molecule has 2 aliphatic rings. The van der Waals surface area contributed by atoms with Crippen molar-refractivity contribution in [3.63, 3.8) is 0 Å². The third-order valence-corrected chi connectivity index (χ3v) is 4.76. The Bertz CT molecular complexity index is 569. The first-order chi connectivity index (χ1) is 10.1. The molecule has 0 radical (unpaired) electrons. The van der Waals surface area contributed by atoms with E-state index in [1.54, 1.807) is 0 Å². The van der Waals surface area contributed by atoms with Crippen LogP contribution in [0.4, 0.5) is 0 Å². The molecule has 114 valence electrons. The number of carbonyl (C=O) groups excluding carboxylic acids is 2. The Balaban J connectivity index is 1.75. The van der Waals surface area contributed by atoms with Gasteiger partial charge in [0.2, 0.25) is 5.91 Å². The van der Waals surface area contributed by atoms with Crippen molar-refractivity contribution >= 4 is 27.7 Å². The maximum absolute atomic E-state index is 12.8. The lowest BCUT2D eigenvalue weighted by Gasteiger charge is -2.37. The second-order valence-electron chi connectivity index (χ2n) is 5.77. The smallest absolute Gasteiger partial charge is 0.270 e. The fourth-order valence-electron chi connectivity index (χ4n) is 3.29. The Morgan fingerprint density at radius 1 is 1.43 bits per heavy atom. The zero-order chi connectivity index (χ0) is 15.0. The third-order valence-electron chi connectivity index (χ3n) is 4.33. The summed E-state index contributed by atoms with van der Waals surface area (Å²) in [6, 6.07) is 2.11. The SMILES string of the molecule is CCCn1cc(Br)cc1C(=O)N1CCN2C(=O)CCC2C1. The molecule has 2 aliphatic heterocycles. The van der Waals surface area contributed by atoms with Crippen LogP contribution >= 0.6 is 15.9 Å². The van der Waals surface area contributed by atoms with Crippen LogP contribution in [0.2, 0.25) is 0 Å². The maximum atomic E-state index is 12.8. The number of carbonyl (C=O) groups is 2. The van der Waals surface area contributed by atoms with Crippen molar-refractivity contribution in [1.29, 1.82) is 0 Å². The van der Waals surface area contributed by atoms with Crippen molar-refractivity contribution < 1.29 is 9.59 Å². The summed E-state index contributed by atoms with van der Waals surface area (Å²) in [7, 11) is 0. The molecule has 2 fully saturated rings. The first-order valence-electron chi connectivity index (χ1n) is 7.54. The quantitative estimate of drug-likeness (QED) is 0.835. The number of halogens is 1. The van der Waals surface area contributed by atoms with Crippen LogP contribution in [0.5, 0.6) is 0 Å². The summed E-state index contributed by atoms with van der Waals surface area (Å²) in [5.41, 5.74) is 0.737. The minimum atomic E-state index is 0.0770. The number of rotatable bonds is 3. The van der Waals surface area contributed by atoms with E-state index in [9.17, 15) is 9.59 Å². The Kier molecular flexibility index (Phi) is 4.06. The lowest BCUT2D eigenvalue weighted by Crippen LogP contribution is -2.53. The number of hydrogen-bond acceptors (Lipinski definition) is 2. The summed E-state index contributed by atoms with van der Waals surface area (Å²) < 4.78 is 2.95. The number of aromatic nitrogens is 1. The zero-order valence-electron chi connectivity index (χ0n) is 12.2. The van der Waals surface area contributed by atoms with Crippen LogP contribution in [0.25, 0.3) is 0 Å². The van der Waals surface area contributed by atoms with E-state index < -0.39 is 0 Å². The number of fused-ring (bicyclic) bond motifs is 1. The molecule has 0 saturated carbocycles. The molecule has 0 N–H and O–H groups in total. The van der Waals surface area contributed by atoms with E-state index in [0.717, 1.165) is 29.6 Å². The standard InChI is InChI=1S/C15H20BrN3O2/c1-2-5-17-9-11(16)8-13(17)15(21)18-6-7-19-12(10-18)3-4-14(19)20/h8-9,12H,2-7,10H2,1H3. The zero-order valence-corrected chi connectivity index (χ0v) is 13.8. The first-order valence-corrected chi connectivity index (χ1v) is 8.34. The normalized spacial score (nSPS) is 21.8. The molecule has 2 amide bonds. The van der Waals surface area contributed by atoms with Gasteiger partial charge < -0.3 is 14.4 Å². The van der Waals surface area contributed by atoms with Crippen LogP contribution in [0.1, 0.15) is 36.7 Å². The summed E-state index contributed by atoms with van der Waals surface area (Å²) in [5.74, 6) is 0.317. The van der Waals surface area contributed by atoms with Gasteiger partial charge in [-0.25, -0.2) is 0 Å². The van der Waals surface area contributed by atoms with Crippen molar-refractivity contribution in [2.75, 3.05) is 19.6 Å². The molecule has 1 aromatic heterocycles. The Morgan fingerprint density at radius 3 is 3.00 bits per heavy atom. The van der Waals surface area contributed by atoms with Crippen LogP contribution in [-0.2, 0) is 11.3 Å². The van der Waals surface area contributed by atoms with E-state index in [1.165, 1.54) is 0 Å². The molecule has 6 heteroatoms. The minimum absolute atomic E-state index is 0.0770. The molecule has 3 heterocycles. The van der Waals surface area contributed by atoms with Crippen molar-refractivity contribution in [1.82, 2.24) is 14.4 Å². The summed E-state index contributed by atoms with van der Waals surface area (Å²) in [6.07, 6.45) is 4.46. The van der Waals surface area contributed by atoms with Gasteiger partial charge in [0.05, 0.1) is 0 Å². The first kappa shape index (κ1) is 14.6.